The smallest absolute Gasteiger partial charge is 0.335 e. The van der Waals surface area contributed by atoms with E-state index < -0.39 is 11.6 Å². The molecule has 0 aromatic heterocycles. The Hall–Kier alpha value is -1.88. The van der Waals surface area contributed by atoms with Gasteiger partial charge in [0.15, 0.2) is 0 Å². The zero-order chi connectivity index (χ0) is 13.9. The highest BCUT2D eigenvalue weighted by Crippen LogP contribution is 2.19. The molecule has 5 heteroatoms. The number of nitrogens with one attached hydrogen (secondary N) is 1. The highest BCUT2D eigenvalue weighted by atomic mass is 16.5. The van der Waals surface area contributed by atoms with Gasteiger partial charge in [0.1, 0.15) is 5.60 Å². The fourth-order valence-electron chi connectivity index (χ4n) is 1.26. The second-order valence-corrected chi connectivity index (χ2v) is 4.50. The maximum absolute atomic E-state index is 11.9. The molecule has 5 nitrogen and oxygen atoms in total. The number of ether oxygens (including phenoxy) is 1. The summed E-state index contributed by atoms with van der Waals surface area (Å²) in [6.45, 7) is 5.07. The van der Waals surface area contributed by atoms with E-state index in [-0.39, 0.29) is 11.5 Å². The number of aromatic carboxylic acids is 1. The van der Waals surface area contributed by atoms with Crippen molar-refractivity contribution in [3.63, 3.8) is 0 Å². The van der Waals surface area contributed by atoms with Gasteiger partial charge in [-0.15, -0.1) is 0 Å². The van der Waals surface area contributed by atoms with Gasteiger partial charge in [-0.3, -0.25) is 4.79 Å². The third-order valence-electron chi connectivity index (χ3n) is 2.79. The van der Waals surface area contributed by atoms with Crippen LogP contribution in [0.2, 0.25) is 0 Å². The van der Waals surface area contributed by atoms with Crippen molar-refractivity contribution in [2.75, 3.05) is 12.4 Å². The van der Waals surface area contributed by atoms with Gasteiger partial charge in [-0.05, 0) is 38.5 Å². The van der Waals surface area contributed by atoms with Gasteiger partial charge in [0, 0.05) is 12.8 Å². The highest BCUT2D eigenvalue weighted by Gasteiger charge is 2.27. The van der Waals surface area contributed by atoms with E-state index in [4.69, 9.17) is 9.84 Å². The number of hydrogen-bond donors (Lipinski definition) is 2. The van der Waals surface area contributed by atoms with Crippen molar-refractivity contribution in [1.29, 1.82) is 0 Å². The van der Waals surface area contributed by atoms with Gasteiger partial charge in [0.2, 0.25) is 0 Å². The topological polar surface area (TPSA) is 75.6 Å². The SMILES string of the molecule is COC(C)(C)C(=O)Nc1cc(C(=O)O)ccc1C. The van der Waals surface area contributed by atoms with Gasteiger partial charge in [-0.25, -0.2) is 4.79 Å². The van der Waals surface area contributed by atoms with Crippen molar-refractivity contribution >= 4 is 17.6 Å². The number of amides is 1. The lowest BCUT2D eigenvalue weighted by Gasteiger charge is -2.22. The van der Waals surface area contributed by atoms with Gasteiger partial charge in [0.25, 0.3) is 5.91 Å². The molecule has 0 heterocycles. The van der Waals surface area contributed by atoms with Gasteiger partial charge in [0.05, 0.1) is 5.56 Å². The van der Waals surface area contributed by atoms with Crippen LogP contribution in [0.1, 0.15) is 29.8 Å². The number of carbonyl (C=O) groups excluding carboxylic acids is 1. The van der Waals surface area contributed by atoms with Gasteiger partial charge >= 0.3 is 5.97 Å². The van der Waals surface area contributed by atoms with E-state index in [1.165, 1.54) is 19.2 Å². The number of benzene rings is 1. The van der Waals surface area contributed by atoms with Crippen molar-refractivity contribution in [3.05, 3.63) is 29.3 Å². The van der Waals surface area contributed by atoms with Crippen molar-refractivity contribution < 1.29 is 19.4 Å². The maximum Gasteiger partial charge on any atom is 0.335 e. The Labute approximate surface area is 106 Å². The summed E-state index contributed by atoms with van der Waals surface area (Å²) in [5, 5.41) is 11.6. The molecule has 0 bridgehead atoms. The first kappa shape index (κ1) is 14.2. The maximum atomic E-state index is 11.9. The monoisotopic (exact) mass is 251 g/mol. The molecule has 0 radical (unpaired) electrons. The summed E-state index contributed by atoms with van der Waals surface area (Å²) in [7, 11) is 1.44. The molecule has 98 valence electrons. The molecule has 0 aliphatic heterocycles. The Morgan fingerprint density at radius 1 is 1.33 bits per heavy atom. The van der Waals surface area contributed by atoms with Crippen LogP contribution < -0.4 is 5.32 Å². The van der Waals surface area contributed by atoms with Crippen LogP contribution >= 0.6 is 0 Å². The van der Waals surface area contributed by atoms with Crippen LogP contribution in [0.3, 0.4) is 0 Å². The van der Waals surface area contributed by atoms with Gasteiger partial charge in [-0.1, -0.05) is 6.07 Å². The van der Waals surface area contributed by atoms with Crippen molar-refractivity contribution in [2.24, 2.45) is 0 Å². The number of anilines is 1. The molecule has 0 aliphatic rings. The minimum Gasteiger partial charge on any atom is -0.478 e. The zero-order valence-corrected chi connectivity index (χ0v) is 10.9. The molecule has 0 atom stereocenters. The number of carbonyl (C=O) groups is 2. The molecular weight excluding hydrogens is 234 g/mol. The average Bonchev–Trinajstić information content (AvgIpc) is 2.31. The predicted molar refractivity (Wildman–Crippen MR) is 67.9 cm³/mol. The van der Waals surface area contributed by atoms with Crippen LogP contribution in [0, 0.1) is 6.92 Å². The first-order valence-corrected chi connectivity index (χ1v) is 5.48. The van der Waals surface area contributed by atoms with Gasteiger partial charge in [-0.2, -0.15) is 0 Å². The first-order chi connectivity index (χ1) is 8.27. The lowest BCUT2D eigenvalue weighted by molar-refractivity contribution is -0.133. The van der Waals surface area contributed by atoms with Crippen molar-refractivity contribution in [3.8, 4) is 0 Å². The highest BCUT2D eigenvalue weighted by molar-refractivity contribution is 5.98. The van der Waals surface area contributed by atoms with Crippen LogP contribution in [-0.2, 0) is 9.53 Å². The Bertz CT molecular complexity index is 480. The van der Waals surface area contributed by atoms with E-state index in [0.717, 1.165) is 5.56 Å². The third-order valence-corrected chi connectivity index (χ3v) is 2.79. The summed E-state index contributed by atoms with van der Waals surface area (Å²) in [4.78, 5) is 22.8. The van der Waals surface area contributed by atoms with Gasteiger partial charge < -0.3 is 15.2 Å². The lowest BCUT2D eigenvalue weighted by Crippen LogP contribution is -2.39. The average molecular weight is 251 g/mol. The van der Waals surface area contributed by atoms with E-state index in [2.05, 4.69) is 5.32 Å². The molecule has 1 aromatic carbocycles. The Balaban J connectivity index is 3.01. The van der Waals surface area contributed by atoms with Crippen LogP contribution in [0.4, 0.5) is 5.69 Å². The summed E-state index contributed by atoms with van der Waals surface area (Å²) in [6, 6.07) is 4.58. The molecule has 0 unspecified atom stereocenters. The van der Waals surface area contributed by atoms with E-state index >= 15 is 0 Å². The molecule has 0 saturated carbocycles. The second kappa shape index (κ2) is 5.18. The number of aryl methyl sites for hydroxylation is 1. The van der Waals surface area contributed by atoms with E-state index in [0.29, 0.717) is 5.69 Å². The minimum atomic E-state index is -1.03. The number of methoxy groups -OCH3 is 1. The molecular formula is C13H17NO4. The minimum absolute atomic E-state index is 0.131. The number of hydrogen-bond acceptors (Lipinski definition) is 3. The first-order valence-electron chi connectivity index (χ1n) is 5.48. The zero-order valence-electron chi connectivity index (χ0n) is 10.9. The molecule has 0 fully saturated rings. The number of carboxylic acids is 1. The number of carboxylic acid groups (broad SMARTS) is 1. The number of rotatable bonds is 4. The summed E-state index contributed by atoms with van der Waals surface area (Å²) in [5.74, 6) is -1.35. The largest absolute Gasteiger partial charge is 0.478 e. The van der Waals surface area contributed by atoms with E-state index in [1.54, 1.807) is 26.8 Å². The summed E-state index contributed by atoms with van der Waals surface area (Å²) in [5.41, 5.74) is 0.433. The standard InChI is InChI=1S/C13H17NO4/c1-8-5-6-9(11(15)16)7-10(8)14-12(17)13(2,3)18-4/h5-7H,1-4H3,(H,14,17)(H,15,16). The summed E-state index contributed by atoms with van der Waals surface area (Å²) >= 11 is 0. The lowest BCUT2D eigenvalue weighted by atomic mass is 10.1. The van der Waals surface area contributed by atoms with Crippen molar-refractivity contribution in [2.45, 2.75) is 26.4 Å². The molecule has 0 saturated heterocycles. The molecule has 1 aromatic rings. The molecule has 2 N–H and O–H groups in total. The van der Waals surface area contributed by atoms with Crippen LogP contribution in [0.25, 0.3) is 0 Å². The summed E-state index contributed by atoms with van der Waals surface area (Å²) in [6.07, 6.45) is 0. The molecule has 18 heavy (non-hydrogen) atoms. The van der Waals surface area contributed by atoms with Crippen LogP contribution in [-0.4, -0.2) is 29.7 Å². The Morgan fingerprint density at radius 2 is 1.94 bits per heavy atom. The molecule has 1 rings (SSSR count). The predicted octanol–water partition coefficient (Wildman–Crippen LogP) is 2.06. The Morgan fingerprint density at radius 3 is 2.44 bits per heavy atom. The normalized spacial score (nSPS) is 11.1. The van der Waals surface area contributed by atoms with Crippen LogP contribution in [0.15, 0.2) is 18.2 Å². The quantitative estimate of drug-likeness (QED) is 0.858. The third kappa shape index (κ3) is 3.07. The van der Waals surface area contributed by atoms with Crippen LogP contribution in [0.5, 0.6) is 0 Å². The van der Waals surface area contributed by atoms with E-state index in [1.807, 2.05) is 0 Å². The van der Waals surface area contributed by atoms with E-state index in [9.17, 15) is 9.59 Å². The summed E-state index contributed by atoms with van der Waals surface area (Å²) < 4.78 is 5.06. The Kier molecular flexibility index (Phi) is 4.08. The fraction of sp³-hybridized carbons (Fsp3) is 0.385. The second-order valence-electron chi connectivity index (χ2n) is 4.50. The molecule has 0 spiro atoms. The van der Waals surface area contributed by atoms with Crippen molar-refractivity contribution in [1.82, 2.24) is 0 Å². The molecule has 0 aliphatic carbocycles. The molecule has 1 amide bonds. The fourth-order valence-corrected chi connectivity index (χ4v) is 1.26.